The van der Waals surface area contributed by atoms with E-state index in [4.69, 9.17) is 0 Å². The number of carbonyl (C=O) groups excluding carboxylic acids is 1. The predicted octanol–water partition coefficient (Wildman–Crippen LogP) is 3.23. The third-order valence-corrected chi connectivity index (χ3v) is 6.30. The fraction of sp³-hybridized carbons (Fsp3) is 0.562. The summed E-state index contributed by atoms with van der Waals surface area (Å²) in [4.78, 5) is 12.3. The molecular formula is C16H24N2O3S2. The summed E-state index contributed by atoms with van der Waals surface area (Å²) < 4.78 is 27.7. The fourth-order valence-electron chi connectivity index (χ4n) is 2.84. The van der Waals surface area contributed by atoms with E-state index in [-0.39, 0.29) is 10.8 Å². The minimum Gasteiger partial charge on any atom is -0.325 e. The number of sulfonamides is 1. The fourth-order valence-corrected chi connectivity index (χ4v) is 4.52. The molecule has 0 saturated heterocycles. The first kappa shape index (κ1) is 18.3. The Balaban J connectivity index is 2.13. The zero-order valence-electron chi connectivity index (χ0n) is 13.6. The highest BCUT2D eigenvalue weighted by molar-refractivity contribution is 7.98. The van der Waals surface area contributed by atoms with Crippen LogP contribution < -0.4 is 10.0 Å². The van der Waals surface area contributed by atoms with Gasteiger partial charge in [-0.15, -0.1) is 11.8 Å². The number of thioether (sulfide) groups is 1. The van der Waals surface area contributed by atoms with Crippen LogP contribution in [0.5, 0.6) is 0 Å². The zero-order chi connectivity index (χ0) is 16.9. The first-order valence-corrected chi connectivity index (χ1v) is 10.6. The van der Waals surface area contributed by atoms with Gasteiger partial charge in [-0.25, -0.2) is 13.1 Å². The van der Waals surface area contributed by atoms with Crippen molar-refractivity contribution in [3.63, 3.8) is 0 Å². The summed E-state index contributed by atoms with van der Waals surface area (Å²) in [6.45, 7) is 1.90. The van der Waals surface area contributed by atoms with E-state index >= 15 is 0 Å². The van der Waals surface area contributed by atoms with Gasteiger partial charge >= 0.3 is 0 Å². The van der Waals surface area contributed by atoms with Crippen LogP contribution in [0, 0.1) is 5.92 Å². The Morgan fingerprint density at radius 2 is 1.96 bits per heavy atom. The SMILES string of the molecule is CSc1ccc(S(=O)(=O)NCC2CCCCC2)cc1NC(C)=O. The number of nitrogens with one attached hydrogen (secondary N) is 2. The van der Waals surface area contributed by atoms with Crippen molar-refractivity contribution in [1.29, 1.82) is 0 Å². The Kier molecular flexibility index (Phi) is 6.50. The highest BCUT2D eigenvalue weighted by Crippen LogP contribution is 2.28. The molecule has 0 heterocycles. The molecule has 5 nitrogen and oxygen atoms in total. The minimum absolute atomic E-state index is 0.190. The van der Waals surface area contributed by atoms with Gasteiger partial charge < -0.3 is 5.32 Å². The maximum Gasteiger partial charge on any atom is 0.240 e. The van der Waals surface area contributed by atoms with Crippen molar-refractivity contribution in [2.24, 2.45) is 5.92 Å². The Morgan fingerprint density at radius 3 is 2.57 bits per heavy atom. The average Bonchev–Trinajstić information content (AvgIpc) is 2.53. The molecule has 0 atom stereocenters. The number of anilines is 1. The second-order valence-electron chi connectivity index (χ2n) is 5.90. The maximum atomic E-state index is 12.5. The monoisotopic (exact) mass is 356 g/mol. The van der Waals surface area contributed by atoms with Crippen molar-refractivity contribution >= 4 is 33.4 Å². The molecule has 1 aliphatic carbocycles. The summed E-state index contributed by atoms with van der Waals surface area (Å²) in [5.74, 6) is 0.212. The highest BCUT2D eigenvalue weighted by atomic mass is 32.2. The average molecular weight is 357 g/mol. The summed E-state index contributed by atoms with van der Waals surface area (Å²) in [7, 11) is -3.55. The number of hydrogen-bond acceptors (Lipinski definition) is 4. The predicted molar refractivity (Wildman–Crippen MR) is 94.3 cm³/mol. The van der Waals surface area contributed by atoms with Crippen LogP contribution in [0.4, 0.5) is 5.69 Å². The third-order valence-electron chi connectivity index (χ3n) is 4.08. The van der Waals surface area contributed by atoms with Gasteiger partial charge in [0, 0.05) is 18.4 Å². The lowest BCUT2D eigenvalue weighted by Gasteiger charge is -2.21. The smallest absolute Gasteiger partial charge is 0.240 e. The van der Waals surface area contributed by atoms with Crippen molar-refractivity contribution in [2.45, 2.75) is 48.8 Å². The molecule has 0 radical (unpaired) electrons. The molecule has 0 bridgehead atoms. The number of carbonyl (C=O) groups is 1. The van der Waals surface area contributed by atoms with E-state index in [0.717, 1.165) is 17.7 Å². The molecule has 0 aromatic heterocycles. The Morgan fingerprint density at radius 1 is 1.26 bits per heavy atom. The van der Waals surface area contributed by atoms with Gasteiger partial charge in [-0.3, -0.25) is 4.79 Å². The van der Waals surface area contributed by atoms with E-state index in [1.54, 1.807) is 12.1 Å². The first-order chi connectivity index (χ1) is 10.9. The normalized spacial score (nSPS) is 16.3. The van der Waals surface area contributed by atoms with Crippen LogP contribution in [0.3, 0.4) is 0 Å². The molecule has 23 heavy (non-hydrogen) atoms. The molecular weight excluding hydrogens is 332 g/mol. The highest BCUT2D eigenvalue weighted by Gasteiger charge is 2.20. The first-order valence-electron chi connectivity index (χ1n) is 7.87. The lowest BCUT2D eigenvalue weighted by Crippen LogP contribution is -2.30. The van der Waals surface area contributed by atoms with Crippen LogP contribution in [-0.4, -0.2) is 27.1 Å². The summed E-state index contributed by atoms with van der Waals surface area (Å²) in [6, 6.07) is 4.84. The quantitative estimate of drug-likeness (QED) is 0.768. The van der Waals surface area contributed by atoms with E-state index in [0.29, 0.717) is 18.2 Å². The molecule has 0 aliphatic heterocycles. The molecule has 2 rings (SSSR count). The van der Waals surface area contributed by atoms with Crippen LogP contribution in [-0.2, 0) is 14.8 Å². The largest absolute Gasteiger partial charge is 0.325 e. The van der Waals surface area contributed by atoms with Crippen LogP contribution in [0.25, 0.3) is 0 Å². The van der Waals surface area contributed by atoms with Crippen molar-refractivity contribution in [3.8, 4) is 0 Å². The van der Waals surface area contributed by atoms with Crippen molar-refractivity contribution in [1.82, 2.24) is 4.72 Å². The van der Waals surface area contributed by atoms with Crippen LogP contribution in [0.2, 0.25) is 0 Å². The Labute approximate surface area is 142 Å². The van der Waals surface area contributed by atoms with Crippen LogP contribution in [0.1, 0.15) is 39.0 Å². The molecule has 1 fully saturated rings. The van der Waals surface area contributed by atoms with Gasteiger partial charge in [0.1, 0.15) is 0 Å². The van der Waals surface area contributed by atoms with Crippen LogP contribution >= 0.6 is 11.8 Å². The van der Waals surface area contributed by atoms with Gasteiger partial charge in [-0.05, 0) is 43.2 Å². The maximum absolute atomic E-state index is 12.5. The van der Waals surface area contributed by atoms with Crippen LogP contribution in [0.15, 0.2) is 28.0 Å². The summed E-state index contributed by atoms with van der Waals surface area (Å²) >= 11 is 1.46. The third kappa shape index (κ3) is 5.22. The molecule has 1 amide bonds. The lowest BCUT2D eigenvalue weighted by molar-refractivity contribution is -0.114. The summed E-state index contributed by atoms with van der Waals surface area (Å²) in [5, 5.41) is 2.69. The van der Waals surface area contributed by atoms with E-state index in [1.165, 1.54) is 44.0 Å². The molecule has 1 saturated carbocycles. The van der Waals surface area contributed by atoms with E-state index in [2.05, 4.69) is 10.0 Å². The molecule has 1 aromatic carbocycles. The van der Waals surface area contributed by atoms with E-state index < -0.39 is 10.0 Å². The topological polar surface area (TPSA) is 75.3 Å². The second kappa shape index (κ2) is 8.17. The van der Waals surface area contributed by atoms with Gasteiger partial charge in [-0.1, -0.05) is 19.3 Å². The number of rotatable bonds is 6. The number of hydrogen-bond donors (Lipinski definition) is 2. The number of benzene rings is 1. The van der Waals surface area contributed by atoms with Crippen molar-refractivity contribution in [2.75, 3.05) is 18.1 Å². The van der Waals surface area contributed by atoms with Gasteiger partial charge in [0.15, 0.2) is 0 Å². The molecule has 1 aromatic rings. The van der Waals surface area contributed by atoms with Crippen molar-refractivity contribution in [3.05, 3.63) is 18.2 Å². The zero-order valence-corrected chi connectivity index (χ0v) is 15.2. The van der Waals surface area contributed by atoms with Gasteiger partial charge in [0.05, 0.1) is 10.6 Å². The molecule has 1 aliphatic rings. The standard InChI is InChI=1S/C16H24N2O3S2/c1-12(19)18-15-10-14(8-9-16(15)22-2)23(20,21)17-11-13-6-4-3-5-7-13/h8-10,13,17H,3-7,11H2,1-2H3,(H,18,19). The van der Waals surface area contributed by atoms with Gasteiger partial charge in [0.2, 0.25) is 15.9 Å². The summed E-state index contributed by atoms with van der Waals surface area (Å²) in [6.07, 6.45) is 7.68. The second-order valence-corrected chi connectivity index (χ2v) is 8.51. The van der Waals surface area contributed by atoms with Gasteiger partial charge in [0.25, 0.3) is 0 Å². The summed E-state index contributed by atoms with van der Waals surface area (Å²) in [5.41, 5.74) is 0.533. The van der Waals surface area contributed by atoms with E-state index in [1.807, 2.05) is 6.26 Å². The minimum atomic E-state index is -3.55. The molecule has 2 N–H and O–H groups in total. The number of amides is 1. The van der Waals surface area contributed by atoms with Crippen molar-refractivity contribution < 1.29 is 13.2 Å². The lowest BCUT2D eigenvalue weighted by atomic mass is 9.90. The Bertz CT molecular complexity index is 653. The molecule has 0 spiro atoms. The Hall–Kier alpha value is -1.05. The van der Waals surface area contributed by atoms with E-state index in [9.17, 15) is 13.2 Å². The molecule has 7 heteroatoms. The molecule has 0 unspecified atom stereocenters. The molecule has 128 valence electrons. The van der Waals surface area contributed by atoms with Gasteiger partial charge in [-0.2, -0.15) is 0 Å².